The molecular formula is C13H18S2. The number of benzene rings is 1. The van der Waals surface area contributed by atoms with Crippen LogP contribution in [0.1, 0.15) is 28.7 Å². The summed E-state index contributed by atoms with van der Waals surface area (Å²) in [5.41, 5.74) is 6.13. The molecule has 0 spiro atoms. The number of aryl methyl sites for hydroxylation is 1. The molecule has 1 aliphatic rings. The molecule has 0 nitrogen and oxygen atoms in total. The van der Waals surface area contributed by atoms with E-state index in [-0.39, 0.29) is 0 Å². The standard InChI is InChI=1S/C13H18S2/c1-10-4-5-12-8-14-6-3-7-15-9-13(10)11(12)2/h4-5H,3,6-9H2,1-2H3. The van der Waals surface area contributed by atoms with Gasteiger partial charge < -0.3 is 0 Å². The van der Waals surface area contributed by atoms with Crippen LogP contribution in [0, 0.1) is 13.8 Å². The van der Waals surface area contributed by atoms with Gasteiger partial charge in [-0.3, -0.25) is 0 Å². The maximum Gasteiger partial charge on any atom is 0.0189 e. The molecule has 0 saturated carbocycles. The average molecular weight is 238 g/mol. The first-order valence-electron chi connectivity index (χ1n) is 5.52. The summed E-state index contributed by atoms with van der Waals surface area (Å²) >= 11 is 4.17. The van der Waals surface area contributed by atoms with Crippen LogP contribution in [0.25, 0.3) is 0 Å². The van der Waals surface area contributed by atoms with E-state index in [9.17, 15) is 0 Å². The highest BCUT2D eigenvalue weighted by Gasteiger charge is 2.09. The molecule has 0 saturated heterocycles. The van der Waals surface area contributed by atoms with E-state index < -0.39 is 0 Å². The second kappa shape index (κ2) is 5.31. The third-order valence-electron chi connectivity index (χ3n) is 3.03. The van der Waals surface area contributed by atoms with Gasteiger partial charge in [-0.15, -0.1) is 0 Å². The molecule has 0 aromatic heterocycles. The normalized spacial score (nSPS) is 17.5. The van der Waals surface area contributed by atoms with E-state index in [1.165, 1.54) is 40.6 Å². The van der Waals surface area contributed by atoms with Crippen LogP contribution in [0.2, 0.25) is 0 Å². The summed E-state index contributed by atoms with van der Waals surface area (Å²) in [5, 5.41) is 0. The summed E-state index contributed by atoms with van der Waals surface area (Å²) in [6.45, 7) is 4.53. The quantitative estimate of drug-likeness (QED) is 0.665. The Morgan fingerprint density at radius 1 is 1.00 bits per heavy atom. The zero-order chi connectivity index (χ0) is 10.7. The van der Waals surface area contributed by atoms with E-state index in [1.54, 1.807) is 11.1 Å². The fourth-order valence-electron chi connectivity index (χ4n) is 1.94. The molecule has 1 aromatic carbocycles. The van der Waals surface area contributed by atoms with Crippen molar-refractivity contribution in [3.05, 3.63) is 34.4 Å². The molecule has 15 heavy (non-hydrogen) atoms. The van der Waals surface area contributed by atoms with Crippen LogP contribution >= 0.6 is 23.5 Å². The molecule has 0 aliphatic carbocycles. The van der Waals surface area contributed by atoms with Crippen molar-refractivity contribution < 1.29 is 0 Å². The van der Waals surface area contributed by atoms with Gasteiger partial charge in [0.05, 0.1) is 0 Å². The number of hydrogen-bond donors (Lipinski definition) is 0. The second-order valence-electron chi connectivity index (χ2n) is 4.10. The SMILES string of the molecule is Cc1ccc2c(C)c1CSCCCSC2. The number of fused-ring (bicyclic) bond motifs is 2. The molecule has 0 amide bonds. The van der Waals surface area contributed by atoms with Crippen molar-refractivity contribution in [2.45, 2.75) is 31.8 Å². The van der Waals surface area contributed by atoms with Crippen LogP contribution in [0.4, 0.5) is 0 Å². The highest BCUT2D eigenvalue weighted by molar-refractivity contribution is 7.99. The summed E-state index contributed by atoms with van der Waals surface area (Å²) in [4.78, 5) is 0. The van der Waals surface area contributed by atoms with Crippen molar-refractivity contribution in [1.82, 2.24) is 0 Å². The van der Waals surface area contributed by atoms with Gasteiger partial charge in [-0.05, 0) is 54.0 Å². The largest absolute Gasteiger partial charge is 0.157 e. The van der Waals surface area contributed by atoms with E-state index in [1.807, 2.05) is 0 Å². The molecule has 0 unspecified atom stereocenters. The zero-order valence-electron chi connectivity index (χ0n) is 9.51. The van der Waals surface area contributed by atoms with E-state index in [2.05, 4.69) is 49.5 Å². The molecule has 1 aromatic rings. The second-order valence-corrected chi connectivity index (χ2v) is 6.31. The molecule has 0 atom stereocenters. The van der Waals surface area contributed by atoms with Crippen molar-refractivity contribution in [2.24, 2.45) is 0 Å². The number of rotatable bonds is 0. The minimum Gasteiger partial charge on any atom is -0.157 e. The van der Waals surface area contributed by atoms with Crippen molar-refractivity contribution in [3.63, 3.8) is 0 Å². The minimum absolute atomic E-state index is 1.20. The van der Waals surface area contributed by atoms with Gasteiger partial charge in [0.15, 0.2) is 0 Å². The summed E-state index contributed by atoms with van der Waals surface area (Å²) in [5.74, 6) is 5.03. The third-order valence-corrected chi connectivity index (χ3v) is 5.19. The van der Waals surface area contributed by atoms with Gasteiger partial charge in [0.2, 0.25) is 0 Å². The first-order valence-corrected chi connectivity index (χ1v) is 7.83. The lowest BCUT2D eigenvalue weighted by Gasteiger charge is -2.16. The van der Waals surface area contributed by atoms with E-state index in [0.29, 0.717) is 0 Å². The van der Waals surface area contributed by atoms with Crippen molar-refractivity contribution in [3.8, 4) is 0 Å². The lowest BCUT2D eigenvalue weighted by molar-refractivity contribution is 1.10. The lowest BCUT2D eigenvalue weighted by Crippen LogP contribution is -2.00. The Kier molecular flexibility index (Phi) is 4.04. The van der Waals surface area contributed by atoms with Gasteiger partial charge in [-0.25, -0.2) is 0 Å². The van der Waals surface area contributed by atoms with Gasteiger partial charge in [0.25, 0.3) is 0 Å². The van der Waals surface area contributed by atoms with Gasteiger partial charge in [-0.2, -0.15) is 23.5 Å². The van der Waals surface area contributed by atoms with Crippen LogP contribution in [-0.4, -0.2) is 11.5 Å². The Morgan fingerprint density at radius 2 is 1.73 bits per heavy atom. The highest BCUT2D eigenvalue weighted by Crippen LogP contribution is 2.28. The van der Waals surface area contributed by atoms with Crippen LogP contribution in [0.5, 0.6) is 0 Å². The first-order chi connectivity index (χ1) is 7.29. The van der Waals surface area contributed by atoms with Crippen molar-refractivity contribution in [1.29, 1.82) is 0 Å². The minimum atomic E-state index is 1.20. The Balaban J connectivity index is 2.34. The molecule has 0 radical (unpaired) electrons. The average Bonchev–Trinajstić information content (AvgIpc) is 2.23. The highest BCUT2D eigenvalue weighted by atomic mass is 32.2. The molecule has 1 aliphatic heterocycles. The van der Waals surface area contributed by atoms with Gasteiger partial charge in [0, 0.05) is 11.5 Å². The fourth-order valence-corrected chi connectivity index (χ4v) is 4.29. The van der Waals surface area contributed by atoms with Gasteiger partial charge in [-0.1, -0.05) is 12.1 Å². The van der Waals surface area contributed by atoms with Crippen LogP contribution < -0.4 is 0 Å². The Hall–Kier alpha value is -0.0800. The fraction of sp³-hybridized carbons (Fsp3) is 0.538. The monoisotopic (exact) mass is 238 g/mol. The number of thioether (sulfide) groups is 2. The summed E-state index contributed by atoms with van der Waals surface area (Å²) < 4.78 is 0. The van der Waals surface area contributed by atoms with Crippen LogP contribution in [0.3, 0.4) is 0 Å². The Morgan fingerprint density at radius 3 is 2.53 bits per heavy atom. The molecular weight excluding hydrogens is 220 g/mol. The molecule has 1 heterocycles. The van der Waals surface area contributed by atoms with Crippen LogP contribution in [0.15, 0.2) is 12.1 Å². The molecule has 0 fully saturated rings. The smallest absolute Gasteiger partial charge is 0.0189 e. The summed E-state index contributed by atoms with van der Waals surface area (Å²) in [7, 11) is 0. The maximum absolute atomic E-state index is 2.31. The molecule has 0 N–H and O–H groups in total. The summed E-state index contributed by atoms with van der Waals surface area (Å²) in [6.07, 6.45) is 1.36. The molecule has 2 heteroatoms. The van der Waals surface area contributed by atoms with E-state index in [0.717, 1.165) is 0 Å². The summed E-state index contributed by atoms with van der Waals surface area (Å²) in [6, 6.07) is 4.60. The number of hydrogen-bond acceptors (Lipinski definition) is 2. The topological polar surface area (TPSA) is 0 Å². The third kappa shape index (κ3) is 2.73. The molecule has 82 valence electrons. The van der Waals surface area contributed by atoms with Crippen LogP contribution in [-0.2, 0) is 11.5 Å². The van der Waals surface area contributed by atoms with E-state index in [4.69, 9.17) is 0 Å². The Bertz CT molecular complexity index is 345. The van der Waals surface area contributed by atoms with E-state index >= 15 is 0 Å². The van der Waals surface area contributed by atoms with Crippen molar-refractivity contribution >= 4 is 23.5 Å². The lowest BCUT2D eigenvalue weighted by atomic mass is 10.00. The van der Waals surface area contributed by atoms with Gasteiger partial charge >= 0.3 is 0 Å². The predicted molar refractivity (Wildman–Crippen MR) is 72.9 cm³/mol. The molecule has 2 bridgehead atoms. The predicted octanol–water partition coefficient (Wildman–Crippen LogP) is 4.17. The maximum atomic E-state index is 2.31. The van der Waals surface area contributed by atoms with Crippen molar-refractivity contribution in [2.75, 3.05) is 11.5 Å². The zero-order valence-corrected chi connectivity index (χ0v) is 11.1. The molecule has 2 rings (SSSR count). The Labute approximate surface area is 101 Å². The first kappa shape index (κ1) is 11.4. The van der Waals surface area contributed by atoms with Gasteiger partial charge in [0.1, 0.15) is 0 Å².